The van der Waals surface area contributed by atoms with E-state index in [1.54, 1.807) is 19.2 Å². The molecule has 72 valence electrons. The number of nitrogens with one attached hydrogen (secondary N) is 1. The lowest BCUT2D eigenvalue weighted by atomic mass is 10.2. The minimum atomic E-state index is -0.993. The van der Waals surface area contributed by atoms with Gasteiger partial charge in [-0.15, -0.1) is 0 Å². The molecule has 2 aromatic heterocycles. The molecule has 0 radical (unpaired) electrons. The van der Waals surface area contributed by atoms with Crippen molar-refractivity contribution in [2.45, 2.75) is 6.92 Å². The fourth-order valence-electron chi connectivity index (χ4n) is 1.16. The first-order valence-corrected chi connectivity index (χ1v) is 4.02. The van der Waals surface area contributed by atoms with E-state index in [4.69, 9.17) is 9.63 Å². The maximum absolute atomic E-state index is 10.6. The molecule has 0 saturated heterocycles. The fourth-order valence-corrected chi connectivity index (χ4v) is 1.16. The Morgan fingerprint density at radius 2 is 2.36 bits per heavy atom. The summed E-state index contributed by atoms with van der Waals surface area (Å²) in [4.78, 5) is 13.2. The van der Waals surface area contributed by atoms with Gasteiger partial charge in [-0.25, -0.2) is 4.79 Å². The number of nitrogens with zero attached hydrogens (tertiary/aromatic N) is 1. The van der Waals surface area contributed by atoms with Crippen molar-refractivity contribution >= 4 is 5.97 Å². The monoisotopic (exact) mass is 192 g/mol. The zero-order valence-corrected chi connectivity index (χ0v) is 7.44. The molecule has 0 fully saturated rings. The van der Waals surface area contributed by atoms with Crippen LogP contribution in [0.5, 0.6) is 0 Å². The highest BCUT2D eigenvalue weighted by molar-refractivity contribution is 5.87. The van der Waals surface area contributed by atoms with Crippen LogP contribution in [0.2, 0.25) is 0 Å². The van der Waals surface area contributed by atoms with E-state index >= 15 is 0 Å². The van der Waals surface area contributed by atoms with Gasteiger partial charge in [0.2, 0.25) is 0 Å². The Balaban J connectivity index is 2.38. The largest absolute Gasteiger partial charge is 0.477 e. The van der Waals surface area contributed by atoms with Crippen molar-refractivity contribution < 1.29 is 14.4 Å². The van der Waals surface area contributed by atoms with E-state index in [1.165, 1.54) is 6.07 Å². The summed E-state index contributed by atoms with van der Waals surface area (Å²) >= 11 is 0. The van der Waals surface area contributed by atoms with Gasteiger partial charge in [-0.05, 0) is 13.0 Å². The first-order chi connectivity index (χ1) is 6.66. The average molecular weight is 192 g/mol. The van der Waals surface area contributed by atoms with Crippen LogP contribution < -0.4 is 0 Å². The van der Waals surface area contributed by atoms with E-state index in [-0.39, 0.29) is 5.69 Å². The van der Waals surface area contributed by atoms with E-state index in [0.29, 0.717) is 11.3 Å². The number of aromatic nitrogens is 2. The molecule has 2 aromatic rings. The second-order valence-electron chi connectivity index (χ2n) is 2.94. The molecule has 2 N–H and O–H groups in total. The van der Waals surface area contributed by atoms with Gasteiger partial charge in [-0.3, -0.25) is 0 Å². The Kier molecular flexibility index (Phi) is 1.85. The van der Waals surface area contributed by atoms with Gasteiger partial charge >= 0.3 is 5.97 Å². The predicted molar refractivity (Wildman–Crippen MR) is 48.0 cm³/mol. The van der Waals surface area contributed by atoms with E-state index < -0.39 is 5.97 Å². The van der Waals surface area contributed by atoms with Crippen LogP contribution in [0.25, 0.3) is 11.3 Å². The summed E-state index contributed by atoms with van der Waals surface area (Å²) < 4.78 is 4.98. The quantitative estimate of drug-likeness (QED) is 0.758. The van der Waals surface area contributed by atoms with E-state index in [0.717, 1.165) is 5.69 Å². The lowest BCUT2D eigenvalue weighted by molar-refractivity contribution is 0.0691. The first kappa shape index (κ1) is 8.55. The molecule has 0 bridgehead atoms. The van der Waals surface area contributed by atoms with Gasteiger partial charge in [0.1, 0.15) is 5.69 Å². The van der Waals surface area contributed by atoms with Crippen LogP contribution in [0.4, 0.5) is 0 Å². The van der Waals surface area contributed by atoms with E-state index in [9.17, 15) is 4.79 Å². The van der Waals surface area contributed by atoms with Crippen LogP contribution in [0.3, 0.4) is 0 Å². The van der Waals surface area contributed by atoms with Crippen LogP contribution >= 0.6 is 0 Å². The van der Waals surface area contributed by atoms with Crippen LogP contribution in [0, 0.1) is 6.92 Å². The number of carboxylic acid groups (broad SMARTS) is 1. The van der Waals surface area contributed by atoms with Crippen LogP contribution in [-0.4, -0.2) is 21.2 Å². The van der Waals surface area contributed by atoms with E-state index in [1.807, 2.05) is 0 Å². The number of hydrogen-bond donors (Lipinski definition) is 2. The summed E-state index contributed by atoms with van der Waals surface area (Å²) in [7, 11) is 0. The number of rotatable bonds is 2. The van der Waals surface area contributed by atoms with Gasteiger partial charge in [0.15, 0.2) is 5.76 Å². The van der Waals surface area contributed by atoms with Gasteiger partial charge in [-0.1, -0.05) is 5.16 Å². The second kappa shape index (κ2) is 3.02. The van der Waals surface area contributed by atoms with Crippen LogP contribution in [0.15, 0.2) is 22.9 Å². The predicted octanol–water partition coefficient (Wildman–Crippen LogP) is 1.68. The summed E-state index contributed by atoms with van der Waals surface area (Å²) in [6.07, 6.45) is 1.57. The maximum Gasteiger partial charge on any atom is 0.352 e. The molecule has 2 heterocycles. The molecular weight excluding hydrogens is 184 g/mol. The molecule has 0 amide bonds. The molecule has 0 atom stereocenters. The SMILES string of the molecule is Cc1cc(-c2c[nH]c(C(=O)O)c2)on1. The molecular formula is C9H8N2O3. The molecule has 0 aliphatic carbocycles. The van der Waals surface area contributed by atoms with Crippen molar-refractivity contribution in [3.05, 3.63) is 29.7 Å². The summed E-state index contributed by atoms with van der Waals surface area (Å²) in [5.74, 6) is -0.432. The standard InChI is InChI=1S/C9H8N2O3/c1-5-2-8(14-11-5)6-3-7(9(12)13)10-4-6/h2-4,10H,1H3,(H,12,13). The van der Waals surface area contributed by atoms with E-state index in [2.05, 4.69) is 10.1 Å². The normalized spacial score (nSPS) is 10.4. The zero-order chi connectivity index (χ0) is 10.1. The third-order valence-electron chi connectivity index (χ3n) is 1.83. The van der Waals surface area contributed by atoms with Crippen molar-refractivity contribution in [1.82, 2.24) is 10.1 Å². The lowest BCUT2D eigenvalue weighted by Crippen LogP contribution is -1.94. The van der Waals surface area contributed by atoms with Gasteiger partial charge in [-0.2, -0.15) is 0 Å². The molecule has 0 spiro atoms. The smallest absolute Gasteiger partial charge is 0.352 e. The van der Waals surface area contributed by atoms with Crippen LogP contribution in [-0.2, 0) is 0 Å². The summed E-state index contributed by atoms with van der Waals surface area (Å²) in [6.45, 7) is 1.80. The minimum Gasteiger partial charge on any atom is -0.477 e. The molecule has 0 saturated carbocycles. The lowest BCUT2D eigenvalue weighted by Gasteiger charge is -1.84. The van der Waals surface area contributed by atoms with Gasteiger partial charge in [0, 0.05) is 17.8 Å². The molecule has 14 heavy (non-hydrogen) atoms. The minimum absolute atomic E-state index is 0.133. The summed E-state index contributed by atoms with van der Waals surface area (Å²) in [5.41, 5.74) is 1.58. The number of aromatic amines is 1. The average Bonchev–Trinajstić information content (AvgIpc) is 2.70. The molecule has 5 nitrogen and oxygen atoms in total. The molecule has 5 heteroatoms. The topological polar surface area (TPSA) is 79.1 Å². The zero-order valence-electron chi connectivity index (χ0n) is 7.44. The number of carbonyl (C=O) groups is 1. The van der Waals surface area contributed by atoms with Crippen molar-refractivity contribution in [3.8, 4) is 11.3 Å². The highest BCUT2D eigenvalue weighted by Crippen LogP contribution is 2.20. The fraction of sp³-hybridized carbons (Fsp3) is 0.111. The number of aryl methyl sites for hydroxylation is 1. The number of carboxylic acids is 1. The summed E-state index contributed by atoms with van der Waals surface area (Å²) in [5, 5.41) is 12.4. The van der Waals surface area contributed by atoms with Gasteiger partial charge < -0.3 is 14.6 Å². The number of aromatic carboxylic acids is 1. The maximum atomic E-state index is 10.6. The Labute approximate surface area is 79.3 Å². The van der Waals surface area contributed by atoms with Crippen LogP contribution in [0.1, 0.15) is 16.2 Å². The van der Waals surface area contributed by atoms with Crippen molar-refractivity contribution in [2.75, 3.05) is 0 Å². The highest BCUT2D eigenvalue weighted by Gasteiger charge is 2.10. The van der Waals surface area contributed by atoms with Crippen molar-refractivity contribution in [1.29, 1.82) is 0 Å². The molecule has 0 unspecified atom stereocenters. The molecule has 0 aromatic carbocycles. The van der Waals surface area contributed by atoms with Gasteiger partial charge in [0.25, 0.3) is 0 Å². The third kappa shape index (κ3) is 1.39. The third-order valence-corrected chi connectivity index (χ3v) is 1.83. The Morgan fingerprint density at radius 3 is 2.86 bits per heavy atom. The van der Waals surface area contributed by atoms with Gasteiger partial charge in [0.05, 0.1) is 5.69 Å². The number of hydrogen-bond acceptors (Lipinski definition) is 3. The number of H-pyrrole nitrogens is 1. The molecule has 0 aliphatic rings. The molecule has 2 rings (SSSR count). The first-order valence-electron chi connectivity index (χ1n) is 4.02. The Hall–Kier alpha value is -2.04. The Bertz CT molecular complexity index is 470. The van der Waals surface area contributed by atoms with Crippen molar-refractivity contribution in [3.63, 3.8) is 0 Å². The summed E-state index contributed by atoms with van der Waals surface area (Å²) in [6, 6.07) is 3.25. The second-order valence-corrected chi connectivity index (χ2v) is 2.94. The molecule has 0 aliphatic heterocycles. The van der Waals surface area contributed by atoms with Crippen molar-refractivity contribution in [2.24, 2.45) is 0 Å². The Morgan fingerprint density at radius 1 is 1.57 bits per heavy atom. The highest BCUT2D eigenvalue weighted by atomic mass is 16.5.